The van der Waals surface area contributed by atoms with Crippen LogP contribution in [0.5, 0.6) is 0 Å². The minimum absolute atomic E-state index is 0.181. The lowest BCUT2D eigenvalue weighted by molar-refractivity contribution is -0.371. The zero-order valence-corrected chi connectivity index (χ0v) is 15.4. The van der Waals surface area contributed by atoms with Crippen LogP contribution in [0.3, 0.4) is 0 Å². The lowest BCUT2D eigenvalue weighted by atomic mass is 10.5. The Morgan fingerprint density at radius 2 is 1.24 bits per heavy atom. The predicted octanol–water partition coefficient (Wildman–Crippen LogP) is 2.80. The lowest BCUT2D eigenvalue weighted by Gasteiger charge is -2.39. The summed E-state index contributed by atoms with van der Waals surface area (Å²) in [7, 11) is -2.86. The van der Waals surface area contributed by atoms with Crippen molar-refractivity contribution >= 4 is 8.80 Å². The molecule has 0 radical (unpaired) electrons. The summed E-state index contributed by atoms with van der Waals surface area (Å²) < 4.78 is 34.8. The van der Waals surface area contributed by atoms with Gasteiger partial charge in [-0.15, -0.1) is 0 Å². The van der Waals surface area contributed by atoms with E-state index in [2.05, 4.69) is 0 Å². The zero-order valence-electron chi connectivity index (χ0n) is 14.4. The molecule has 0 rings (SSSR count). The molecule has 6 nitrogen and oxygen atoms in total. The fourth-order valence-electron chi connectivity index (χ4n) is 1.93. The summed E-state index contributed by atoms with van der Waals surface area (Å²) in [5, 5.41) is 0. The average Bonchev–Trinajstić information content (AvgIpc) is 2.46. The highest BCUT2D eigenvalue weighted by molar-refractivity contribution is 6.60. The number of hydrogen-bond acceptors (Lipinski definition) is 6. The van der Waals surface area contributed by atoms with Crippen molar-refractivity contribution in [3.8, 4) is 0 Å². The molecule has 0 unspecified atom stereocenters. The Hall–Kier alpha value is -0.0231. The van der Waals surface area contributed by atoms with Crippen LogP contribution in [0, 0.1) is 0 Å². The van der Waals surface area contributed by atoms with Crippen LogP contribution in [-0.2, 0) is 27.5 Å². The summed E-state index contributed by atoms with van der Waals surface area (Å²) in [6.45, 7) is 14.2. The number of hydrogen-bond donors (Lipinski definition) is 0. The van der Waals surface area contributed by atoms with Crippen molar-refractivity contribution in [2.45, 2.75) is 53.6 Å². The van der Waals surface area contributed by atoms with Crippen molar-refractivity contribution in [2.75, 3.05) is 39.6 Å². The fraction of sp³-hybridized carbons (Fsp3) is 1.00. The third-order valence-corrected chi connectivity index (χ3v) is 5.63. The van der Waals surface area contributed by atoms with Gasteiger partial charge in [-0.1, -0.05) is 6.92 Å². The van der Waals surface area contributed by atoms with Gasteiger partial charge in [-0.3, -0.25) is 0 Å². The summed E-state index contributed by atoms with van der Waals surface area (Å²) in [4.78, 5) is 0. The third-order valence-electron chi connectivity index (χ3n) is 2.68. The molecule has 0 aromatic rings. The minimum atomic E-state index is -2.86. The molecule has 7 heteroatoms. The van der Waals surface area contributed by atoms with Crippen molar-refractivity contribution in [1.82, 2.24) is 0 Å². The van der Waals surface area contributed by atoms with Crippen LogP contribution >= 0.6 is 0 Å². The van der Waals surface area contributed by atoms with Crippen molar-refractivity contribution in [2.24, 2.45) is 0 Å². The topological polar surface area (TPSA) is 55.4 Å². The van der Waals surface area contributed by atoms with Gasteiger partial charge in [-0.2, -0.15) is 0 Å². The Kier molecular flexibility index (Phi) is 11.5. The van der Waals surface area contributed by atoms with Gasteiger partial charge < -0.3 is 27.5 Å². The number of ether oxygens (including phenoxy) is 3. The van der Waals surface area contributed by atoms with Crippen LogP contribution in [0.25, 0.3) is 0 Å². The van der Waals surface area contributed by atoms with Gasteiger partial charge in [0.2, 0.25) is 0 Å². The summed E-state index contributed by atoms with van der Waals surface area (Å²) >= 11 is 0. The van der Waals surface area contributed by atoms with Gasteiger partial charge in [-0.25, -0.2) is 0 Å². The molecule has 0 spiro atoms. The molecule has 0 saturated carbocycles. The van der Waals surface area contributed by atoms with Gasteiger partial charge in [-0.05, 0) is 34.6 Å². The highest BCUT2D eigenvalue weighted by Crippen LogP contribution is 2.26. The molecular weight excluding hydrogens is 292 g/mol. The smallest absolute Gasteiger partial charge is 0.374 e. The lowest BCUT2D eigenvalue weighted by Crippen LogP contribution is -2.57. The van der Waals surface area contributed by atoms with E-state index in [-0.39, 0.29) is 6.61 Å². The van der Waals surface area contributed by atoms with E-state index in [0.717, 1.165) is 0 Å². The van der Waals surface area contributed by atoms with Crippen LogP contribution in [0.15, 0.2) is 0 Å². The zero-order chi connectivity index (χ0) is 16.2. The first-order valence-electron chi connectivity index (χ1n) is 7.91. The molecule has 0 aliphatic heterocycles. The van der Waals surface area contributed by atoms with Gasteiger partial charge >= 0.3 is 14.8 Å². The first kappa shape index (κ1) is 21.0. The van der Waals surface area contributed by atoms with Crippen LogP contribution in [0.1, 0.15) is 41.5 Å². The summed E-state index contributed by atoms with van der Waals surface area (Å²) in [6, 6.07) is 0.642. The van der Waals surface area contributed by atoms with E-state index in [1.807, 2.05) is 41.5 Å². The molecule has 0 amide bonds. The second-order valence-electron chi connectivity index (χ2n) is 4.19. The first-order valence-corrected chi connectivity index (χ1v) is 9.84. The maximum Gasteiger partial charge on any atom is 0.504 e. The SMILES string of the molecule is CCOCC(OCC)(OCC)O[Si](CC)(OCC)OCC. The molecule has 0 saturated heterocycles. The molecule has 0 aromatic carbocycles. The van der Waals surface area contributed by atoms with Crippen LogP contribution < -0.4 is 0 Å². The van der Waals surface area contributed by atoms with Crippen molar-refractivity contribution in [3.05, 3.63) is 0 Å². The van der Waals surface area contributed by atoms with E-state index in [9.17, 15) is 0 Å². The van der Waals surface area contributed by atoms with Crippen molar-refractivity contribution < 1.29 is 27.5 Å². The first-order chi connectivity index (χ1) is 10.1. The second-order valence-corrected chi connectivity index (χ2v) is 7.05. The maximum absolute atomic E-state index is 6.16. The second kappa shape index (κ2) is 11.5. The van der Waals surface area contributed by atoms with Gasteiger partial charge in [0.15, 0.2) is 0 Å². The van der Waals surface area contributed by atoms with Crippen LogP contribution in [-0.4, -0.2) is 54.4 Å². The van der Waals surface area contributed by atoms with Gasteiger partial charge in [0.05, 0.1) is 0 Å². The molecule has 0 fully saturated rings. The quantitative estimate of drug-likeness (QED) is 0.362. The summed E-state index contributed by atoms with van der Waals surface area (Å²) in [6.07, 6.45) is 0. The molecule has 0 N–H and O–H groups in total. The Bertz CT molecular complexity index is 240. The molecule has 0 atom stereocenters. The minimum Gasteiger partial charge on any atom is -0.374 e. The van der Waals surface area contributed by atoms with E-state index in [4.69, 9.17) is 27.5 Å². The Labute approximate surface area is 130 Å². The normalized spacial score (nSPS) is 12.9. The monoisotopic (exact) mass is 324 g/mol. The molecule has 128 valence electrons. The average molecular weight is 324 g/mol. The van der Waals surface area contributed by atoms with E-state index >= 15 is 0 Å². The molecule has 0 heterocycles. The van der Waals surface area contributed by atoms with E-state index in [0.29, 0.717) is 39.1 Å². The van der Waals surface area contributed by atoms with Gasteiger partial charge in [0, 0.05) is 39.1 Å². The molecule has 0 aromatic heterocycles. The van der Waals surface area contributed by atoms with Crippen molar-refractivity contribution in [1.29, 1.82) is 0 Å². The largest absolute Gasteiger partial charge is 0.504 e. The molecule has 0 aliphatic rings. The van der Waals surface area contributed by atoms with Gasteiger partial charge in [0.1, 0.15) is 6.61 Å². The maximum atomic E-state index is 6.16. The Morgan fingerprint density at radius 3 is 1.57 bits per heavy atom. The Morgan fingerprint density at radius 1 is 0.714 bits per heavy atom. The Balaban J connectivity index is 5.23. The standard InChI is InChI=1S/C14H32O6Si/c1-7-15-13-14(16-8-2,17-9-3)20-21(12-6,18-10-4)19-11-5/h7-13H2,1-6H3. The third kappa shape index (κ3) is 7.18. The van der Waals surface area contributed by atoms with E-state index in [1.54, 1.807) is 0 Å². The summed E-state index contributed by atoms with van der Waals surface area (Å²) in [5.74, 6) is -1.27. The molecule has 0 aliphatic carbocycles. The highest BCUT2D eigenvalue weighted by Gasteiger charge is 2.49. The van der Waals surface area contributed by atoms with Crippen molar-refractivity contribution in [3.63, 3.8) is 0 Å². The predicted molar refractivity (Wildman–Crippen MR) is 83.0 cm³/mol. The fourth-order valence-corrected chi connectivity index (χ4v) is 4.22. The van der Waals surface area contributed by atoms with Crippen LogP contribution in [0.2, 0.25) is 6.04 Å². The molecular formula is C14H32O6Si. The van der Waals surface area contributed by atoms with E-state index < -0.39 is 14.8 Å². The van der Waals surface area contributed by atoms with Crippen LogP contribution in [0.4, 0.5) is 0 Å². The van der Waals surface area contributed by atoms with Gasteiger partial charge in [0.25, 0.3) is 0 Å². The molecule has 0 bridgehead atoms. The van der Waals surface area contributed by atoms with E-state index in [1.165, 1.54) is 0 Å². The summed E-state index contributed by atoms with van der Waals surface area (Å²) in [5.41, 5.74) is 0. The highest BCUT2D eigenvalue weighted by atomic mass is 28.4. The molecule has 21 heavy (non-hydrogen) atoms. The number of rotatable bonds is 14.